The molecular formula is C12H15O2PS2. The zero-order valence-electron chi connectivity index (χ0n) is 9.37. The normalized spacial score (nSPS) is 11.2. The zero-order valence-corrected chi connectivity index (χ0v) is 11.9. The van der Waals surface area contributed by atoms with Crippen LogP contribution in [0.15, 0.2) is 48.4 Å². The highest BCUT2D eigenvalue weighted by Crippen LogP contribution is 2.55. The lowest BCUT2D eigenvalue weighted by Crippen LogP contribution is -1.94. The molecule has 0 aromatic heterocycles. The van der Waals surface area contributed by atoms with Gasteiger partial charge in [-0.1, -0.05) is 24.3 Å². The second-order valence-corrected chi connectivity index (χ2v) is 9.36. The molecule has 1 rings (SSSR count). The van der Waals surface area contributed by atoms with E-state index in [1.807, 2.05) is 24.3 Å². The Morgan fingerprint density at radius 3 is 2.41 bits per heavy atom. The lowest BCUT2D eigenvalue weighted by atomic mass is 10.0. The lowest BCUT2D eigenvalue weighted by Gasteiger charge is -2.14. The Morgan fingerprint density at radius 2 is 1.88 bits per heavy atom. The molecule has 0 unspecified atom stereocenters. The van der Waals surface area contributed by atoms with E-state index in [4.69, 9.17) is 0 Å². The van der Waals surface area contributed by atoms with Crippen LogP contribution >= 0.6 is 17.1 Å². The van der Waals surface area contributed by atoms with Gasteiger partial charge in [0.15, 0.2) is 0 Å². The van der Waals surface area contributed by atoms with Crippen LogP contribution in [0.5, 0.6) is 0 Å². The minimum Gasteiger partial charge on any atom is -0.337 e. The van der Waals surface area contributed by atoms with Crippen LogP contribution in [0.1, 0.15) is 11.1 Å². The summed E-state index contributed by atoms with van der Waals surface area (Å²) >= 11 is 5.62. The predicted octanol–water partition coefficient (Wildman–Crippen LogP) is 3.44. The molecule has 1 aromatic rings. The highest BCUT2D eigenvalue weighted by Gasteiger charge is 2.14. The van der Waals surface area contributed by atoms with Crippen LogP contribution in [-0.4, -0.2) is 9.79 Å². The largest absolute Gasteiger partial charge is 0.337 e. The van der Waals surface area contributed by atoms with E-state index in [-0.39, 0.29) is 0 Å². The van der Waals surface area contributed by atoms with Crippen LogP contribution in [0, 0.1) is 0 Å². The van der Waals surface area contributed by atoms with Crippen molar-refractivity contribution < 1.29 is 9.79 Å². The van der Waals surface area contributed by atoms with E-state index in [1.165, 1.54) is 0 Å². The third-order valence-electron chi connectivity index (χ3n) is 2.16. The quantitative estimate of drug-likeness (QED) is 0.621. The third kappa shape index (κ3) is 4.78. The summed E-state index contributed by atoms with van der Waals surface area (Å²) in [6.45, 7) is 7.43. The van der Waals surface area contributed by atoms with Gasteiger partial charge in [0.05, 0.1) is 0 Å². The van der Waals surface area contributed by atoms with Gasteiger partial charge in [0, 0.05) is 4.90 Å². The van der Waals surface area contributed by atoms with Crippen molar-refractivity contribution in [2.75, 3.05) is 0 Å². The Balaban J connectivity index is 3.18. The molecule has 0 atom stereocenters. The molecule has 2 nitrogen and oxygen atoms in total. The molecule has 0 radical (unpaired) electrons. The van der Waals surface area contributed by atoms with Crippen molar-refractivity contribution in [3.05, 3.63) is 54.6 Å². The minimum absolute atomic E-state index is 0.682. The van der Waals surface area contributed by atoms with E-state index in [0.29, 0.717) is 6.42 Å². The monoisotopic (exact) mass is 286 g/mol. The molecule has 5 heteroatoms. The summed E-state index contributed by atoms with van der Waals surface area (Å²) in [5.74, 6) is 0. The van der Waals surface area contributed by atoms with Crippen LogP contribution in [0.2, 0.25) is 0 Å². The number of benzene rings is 1. The summed E-state index contributed by atoms with van der Waals surface area (Å²) in [6, 6.07) is 5.74. The summed E-state index contributed by atoms with van der Waals surface area (Å²) in [4.78, 5) is 19.6. The first-order chi connectivity index (χ1) is 7.98. The number of hydrogen-bond acceptors (Lipinski definition) is 2. The van der Waals surface area contributed by atoms with Crippen molar-refractivity contribution in [3.8, 4) is 0 Å². The molecule has 0 saturated carbocycles. The summed E-state index contributed by atoms with van der Waals surface area (Å²) in [6.07, 6.45) is 5.05. The van der Waals surface area contributed by atoms with Gasteiger partial charge in [0.1, 0.15) is 0 Å². The van der Waals surface area contributed by atoms with E-state index in [1.54, 1.807) is 6.08 Å². The predicted molar refractivity (Wildman–Crippen MR) is 78.8 cm³/mol. The molecule has 0 heterocycles. The minimum atomic E-state index is -3.29. The molecule has 0 aliphatic carbocycles. The fourth-order valence-corrected chi connectivity index (χ4v) is 4.27. The van der Waals surface area contributed by atoms with Gasteiger partial charge < -0.3 is 9.79 Å². The Labute approximate surface area is 111 Å². The van der Waals surface area contributed by atoms with Crippen molar-refractivity contribution in [2.24, 2.45) is 0 Å². The van der Waals surface area contributed by atoms with Crippen molar-refractivity contribution in [2.45, 2.75) is 17.7 Å². The van der Waals surface area contributed by atoms with E-state index in [9.17, 15) is 9.79 Å². The molecule has 0 saturated heterocycles. The average Bonchev–Trinajstić information content (AvgIpc) is 2.21. The van der Waals surface area contributed by atoms with Crippen molar-refractivity contribution >= 4 is 28.9 Å². The molecule has 0 spiro atoms. The van der Waals surface area contributed by atoms with Crippen molar-refractivity contribution in [3.63, 3.8) is 0 Å². The maximum Gasteiger partial charge on any atom is 0.246 e. The van der Waals surface area contributed by atoms with E-state index >= 15 is 0 Å². The second-order valence-electron chi connectivity index (χ2n) is 3.46. The van der Waals surface area contributed by atoms with Crippen molar-refractivity contribution in [1.82, 2.24) is 0 Å². The fraction of sp³-hybridized carbons (Fsp3) is 0.167. The van der Waals surface area contributed by atoms with E-state index in [2.05, 4.69) is 25.0 Å². The van der Waals surface area contributed by atoms with E-state index in [0.717, 1.165) is 33.8 Å². The van der Waals surface area contributed by atoms with Crippen LogP contribution in [0.3, 0.4) is 0 Å². The Bertz CT molecular complexity index is 466. The summed E-state index contributed by atoms with van der Waals surface area (Å²) in [7, 11) is 0. The summed E-state index contributed by atoms with van der Waals surface area (Å²) in [5, 5.41) is 0. The SMILES string of the molecule is C=CCc1cccc(SP(O)(O)=S)c1CC=C. The van der Waals surface area contributed by atoms with Crippen LogP contribution < -0.4 is 0 Å². The molecule has 0 bridgehead atoms. The van der Waals surface area contributed by atoms with Crippen LogP contribution in [-0.2, 0) is 24.6 Å². The van der Waals surface area contributed by atoms with Gasteiger partial charge in [-0.2, -0.15) is 0 Å². The molecule has 92 valence electrons. The number of allylic oxidation sites excluding steroid dienone is 2. The highest BCUT2D eigenvalue weighted by atomic mass is 32.9. The van der Waals surface area contributed by atoms with Gasteiger partial charge in [-0.05, 0) is 53.2 Å². The topological polar surface area (TPSA) is 40.5 Å². The first-order valence-corrected chi connectivity index (χ1v) is 9.18. The Hall–Kier alpha value is -0.380. The van der Waals surface area contributed by atoms with Gasteiger partial charge in [-0.25, -0.2) is 0 Å². The number of hydrogen-bond donors (Lipinski definition) is 2. The van der Waals surface area contributed by atoms with E-state index < -0.39 is 5.69 Å². The molecular weight excluding hydrogens is 271 g/mol. The molecule has 0 aliphatic heterocycles. The first kappa shape index (κ1) is 14.7. The first-order valence-electron chi connectivity index (χ1n) is 5.05. The van der Waals surface area contributed by atoms with Gasteiger partial charge >= 0.3 is 0 Å². The third-order valence-corrected chi connectivity index (χ3v) is 4.95. The standard InChI is InChI=1S/C12H15O2PS2/c1-3-6-10-8-5-9-12(11(10)7-4-2)17-15(13,14)16/h3-5,8-9H,1-2,6-7H2,(H2,13,14,16). The van der Waals surface area contributed by atoms with Gasteiger partial charge in [0.2, 0.25) is 5.69 Å². The number of rotatable bonds is 6. The van der Waals surface area contributed by atoms with Crippen LogP contribution in [0.25, 0.3) is 0 Å². The van der Waals surface area contributed by atoms with Gasteiger partial charge in [-0.3, -0.25) is 0 Å². The van der Waals surface area contributed by atoms with Gasteiger partial charge in [0.25, 0.3) is 0 Å². The highest BCUT2D eigenvalue weighted by molar-refractivity contribution is 8.67. The molecule has 17 heavy (non-hydrogen) atoms. The molecule has 2 N–H and O–H groups in total. The van der Waals surface area contributed by atoms with Gasteiger partial charge in [-0.15, -0.1) is 13.2 Å². The maximum absolute atomic E-state index is 9.38. The van der Waals surface area contributed by atoms with Crippen LogP contribution in [0.4, 0.5) is 0 Å². The molecule has 0 amide bonds. The molecule has 0 aliphatic rings. The lowest BCUT2D eigenvalue weighted by molar-refractivity contribution is 0.502. The zero-order chi connectivity index (χ0) is 12.9. The Kier molecular flexibility index (Phi) is 5.63. The maximum atomic E-state index is 9.38. The second kappa shape index (κ2) is 6.53. The smallest absolute Gasteiger partial charge is 0.246 e. The molecule has 0 fully saturated rings. The van der Waals surface area contributed by atoms with Crippen molar-refractivity contribution in [1.29, 1.82) is 0 Å². The average molecular weight is 286 g/mol. The molecule has 1 aromatic carbocycles. The summed E-state index contributed by atoms with van der Waals surface area (Å²) in [5.41, 5.74) is -1.12. The fourth-order valence-electron chi connectivity index (χ4n) is 1.55. The Morgan fingerprint density at radius 1 is 1.24 bits per heavy atom. The summed E-state index contributed by atoms with van der Waals surface area (Å²) < 4.78 is 0.